The average Bonchev–Trinajstić information content (AvgIpc) is 2.58. The minimum absolute atomic E-state index is 0.0687. The number of carbonyl (C=O) groups is 2. The summed E-state index contributed by atoms with van der Waals surface area (Å²) < 4.78 is 20.3. The number of hydrogen-bond donors (Lipinski definition) is 1. The van der Waals surface area contributed by atoms with Crippen molar-refractivity contribution >= 4 is 29.2 Å². The zero-order chi connectivity index (χ0) is 17.7. The maximum atomic E-state index is 12.2. The lowest BCUT2D eigenvalue weighted by molar-refractivity contribution is -0.153. The van der Waals surface area contributed by atoms with Crippen molar-refractivity contribution in [3.05, 3.63) is 34.7 Å². The summed E-state index contributed by atoms with van der Waals surface area (Å²) in [7, 11) is 1.47. The second kappa shape index (κ2) is 7.92. The molecule has 1 amide bonds. The lowest BCUT2D eigenvalue weighted by atomic mass is 10.2. The molecule has 1 aliphatic rings. The van der Waals surface area contributed by atoms with E-state index in [0.717, 1.165) is 5.56 Å². The van der Waals surface area contributed by atoms with Crippen LogP contribution in [0.3, 0.4) is 0 Å². The maximum absolute atomic E-state index is 12.2. The zero-order valence-corrected chi connectivity index (χ0v) is 14.3. The molecule has 7 nitrogen and oxygen atoms in total. The number of aryl methyl sites for hydroxylation is 1. The lowest BCUT2D eigenvalue weighted by Crippen LogP contribution is -2.31. The Kier molecular flexibility index (Phi) is 5.92. The molecular weight excluding hydrogens is 338 g/mol. The number of esters is 1. The topological polar surface area (TPSA) is 83.1 Å². The number of halogens is 1. The molecule has 130 valence electrons. The SMILES string of the molecule is COc1cc(Cl)c(C)cc1NC(=O)[C@H](C)OC(=O)C1=COCCO1. The van der Waals surface area contributed by atoms with E-state index >= 15 is 0 Å². The van der Waals surface area contributed by atoms with Crippen LogP contribution in [0.1, 0.15) is 12.5 Å². The highest BCUT2D eigenvalue weighted by atomic mass is 35.5. The van der Waals surface area contributed by atoms with Gasteiger partial charge in [0.1, 0.15) is 25.2 Å². The number of anilines is 1. The van der Waals surface area contributed by atoms with E-state index in [0.29, 0.717) is 23.1 Å². The number of methoxy groups -OCH3 is 1. The molecule has 1 aliphatic heterocycles. The number of benzene rings is 1. The highest BCUT2D eigenvalue weighted by Gasteiger charge is 2.24. The van der Waals surface area contributed by atoms with Crippen LogP contribution in [0.5, 0.6) is 5.75 Å². The summed E-state index contributed by atoms with van der Waals surface area (Å²) in [5.41, 5.74) is 1.21. The lowest BCUT2D eigenvalue weighted by Gasteiger charge is -2.18. The van der Waals surface area contributed by atoms with Crippen LogP contribution in [0.4, 0.5) is 5.69 Å². The van der Waals surface area contributed by atoms with Gasteiger partial charge in [0.2, 0.25) is 5.76 Å². The van der Waals surface area contributed by atoms with E-state index in [2.05, 4.69) is 5.32 Å². The minimum Gasteiger partial charge on any atom is -0.495 e. The van der Waals surface area contributed by atoms with Gasteiger partial charge in [-0.1, -0.05) is 11.6 Å². The van der Waals surface area contributed by atoms with Crippen molar-refractivity contribution in [2.24, 2.45) is 0 Å². The van der Waals surface area contributed by atoms with Crippen molar-refractivity contribution in [3.8, 4) is 5.75 Å². The smallest absolute Gasteiger partial charge is 0.377 e. The predicted molar refractivity (Wildman–Crippen MR) is 86.9 cm³/mol. The zero-order valence-electron chi connectivity index (χ0n) is 13.6. The molecule has 0 bridgehead atoms. The van der Waals surface area contributed by atoms with Crippen molar-refractivity contribution in [3.63, 3.8) is 0 Å². The number of nitrogens with one attached hydrogen (secondary N) is 1. The van der Waals surface area contributed by atoms with Gasteiger partial charge in [0.05, 0.1) is 12.8 Å². The second-order valence-electron chi connectivity index (χ2n) is 5.04. The summed E-state index contributed by atoms with van der Waals surface area (Å²) in [6.45, 7) is 3.87. The number of amides is 1. The van der Waals surface area contributed by atoms with Crippen LogP contribution in [0.25, 0.3) is 0 Å². The Hall–Kier alpha value is -2.41. The van der Waals surface area contributed by atoms with Gasteiger partial charge in [-0.2, -0.15) is 0 Å². The summed E-state index contributed by atoms with van der Waals surface area (Å²) in [4.78, 5) is 24.1. The van der Waals surface area contributed by atoms with E-state index in [-0.39, 0.29) is 12.4 Å². The maximum Gasteiger partial charge on any atom is 0.377 e. The van der Waals surface area contributed by atoms with Gasteiger partial charge >= 0.3 is 5.97 Å². The predicted octanol–water partition coefficient (Wildman–Crippen LogP) is 2.42. The standard InChI is InChI=1S/C16H18ClNO6/c1-9-6-12(13(21-3)7-11(9)17)18-15(19)10(2)24-16(20)14-8-22-4-5-23-14/h6-8,10H,4-5H2,1-3H3,(H,18,19)/t10-/m0/s1. The Morgan fingerprint density at radius 2 is 2.08 bits per heavy atom. The van der Waals surface area contributed by atoms with Gasteiger partial charge in [-0.15, -0.1) is 0 Å². The molecule has 0 radical (unpaired) electrons. The van der Waals surface area contributed by atoms with Gasteiger partial charge in [0.25, 0.3) is 5.91 Å². The fourth-order valence-corrected chi connectivity index (χ4v) is 2.07. The van der Waals surface area contributed by atoms with Crippen molar-refractivity contribution in [2.75, 3.05) is 25.6 Å². The number of carbonyl (C=O) groups excluding carboxylic acids is 2. The van der Waals surface area contributed by atoms with Gasteiger partial charge in [0.15, 0.2) is 6.10 Å². The van der Waals surface area contributed by atoms with Crippen molar-refractivity contribution in [1.29, 1.82) is 0 Å². The van der Waals surface area contributed by atoms with E-state index in [4.69, 9.17) is 30.5 Å². The molecule has 1 atom stereocenters. The summed E-state index contributed by atoms with van der Waals surface area (Å²) in [6.07, 6.45) is 0.131. The molecule has 1 heterocycles. The highest BCUT2D eigenvalue weighted by Crippen LogP contribution is 2.31. The van der Waals surface area contributed by atoms with E-state index in [1.807, 2.05) is 0 Å². The third kappa shape index (κ3) is 4.32. The highest BCUT2D eigenvalue weighted by molar-refractivity contribution is 6.31. The molecule has 0 unspecified atom stereocenters. The molecule has 0 spiro atoms. The molecule has 1 aromatic carbocycles. The molecule has 0 aromatic heterocycles. The number of hydrogen-bond acceptors (Lipinski definition) is 6. The third-order valence-electron chi connectivity index (χ3n) is 3.24. The van der Waals surface area contributed by atoms with E-state index in [9.17, 15) is 9.59 Å². The molecule has 1 aromatic rings. The van der Waals surface area contributed by atoms with Gasteiger partial charge in [-0.25, -0.2) is 4.79 Å². The average molecular weight is 356 g/mol. The summed E-state index contributed by atoms with van der Waals surface area (Å²) in [5.74, 6) is -0.942. The van der Waals surface area contributed by atoms with E-state index in [1.54, 1.807) is 19.1 Å². The quantitative estimate of drug-likeness (QED) is 0.817. The molecule has 1 N–H and O–H groups in total. The minimum atomic E-state index is -1.04. The summed E-state index contributed by atoms with van der Waals surface area (Å²) in [6, 6.07) is 3.27. The Morgan fingerprint density at radius 1 is 1.33 bits per heavy atom. The monoisotopic (exact) mass is 355 g/mol. The first-order valence-electron chi connectivity index (χ1n) is 7.23. The Bertz CT molecular complexity index is 673. The summed E-state index contributed by atoms with van der Waals surface area (Å²) in [5, 5.41) is 3.17. The van der Waals surface area contributed by atoms with Crippen molar-refractivity contribution < 1.29 is 28.5 Å². The third-order valence-corrected chi connectivity index (χ3v) is 3.65. The molecule has 0 saturated carbocycles. The van der Waals surface area contributed by atoms with Crippen LogP contribution in [0, 0.1) is 6.92 Å². The molecule has 0 aliphatic carbocycles. The van der Waals surface area contributed by atoms with Crippen LogP contribution < -0.4 is 10.1 Å². The Labute approximate surface area is 144 Å². The van der Waals surface area contributed by atoms with Gasteiger partial charge in [-0.05, 0) is 25.5 Å². The van der Waals surface area contributed by atoms with Crippen molar-refractivity contribution in [1.82, 2.24) is 0 Å². The molecular formula is C16H18ClNO6. The first-order valence-corrected chi connectivity index (χ1v) is 7.60. The fraction of sp³-hybridized carbons (Fsp3) is 0.375. The molecule has 8 heteroatoms. The van der Waals surface area contributed by atoms with E-state index < -0.39 is 18.0 Å². The van der Waals surface area contributed by atoms with Crippen LogP contribution in [-0.2, 0) is 23.8 Å². The molecule has 24 heavy (non-hydrogen) atoms. The molecule has 2 rings (SSSR count). The Balaban J connectivity index is 2.02. The first kappa shape index (κ1) is 17.9. The molecule has 0 fully saturated rings. The van der Waals surface area contributed by atoms with Crippen LogP contribution in [0.2, 0.25) is 5.02 Å². The normalized spacial score (nSPS) is 14.6. The van der Waals surface area contributed by atoms with Gasteiger partial charge in [0, 0.05) is 11.1 Å². The van der Waals surface area contributed by atoms with Gasteiger partial charge < -0.3 is 24.3 Å². The van der Waals surface area contributed by atoms with Crippen LogP contribution in [0.15, 0.2) is 24.2 Å². The first-order chi connectivity index (χ1) is 11.4. The van der Waals surface area contributed by atoms with E-state index in [1.165, 1.54) is 20.3 Å². The molecule has 0 saturated heterocycles. The van der Waals surface area contributed by atoms with Crippen LogP contribution in [-0.4, -0.2) is 38.3 Å². The van der Waals surface area contributed by atoms with Crippen LogP contribution >= 0.6 is 11.6 Å². The Morgan fingerprint density at radius 3 is 2.71 bits per heavy atom. The largest absolute Gasteiger partial charge is 0.495 e. The number of rotatable bonds is 5. The summed E-state index contributed by atoms with van der Waals surface area (Å²) >= 11 is 6.02. The van der Waals surface area contributed by atoms with Gasteiger partial charge in [-0.3, -0.25) is 4.79 Å². The fourth-order valence-electron chi connectivity index (χ4n) is 1.91. The number of ether oxygens (including phenoxy) is 4. The second-order valence-corrected chi connectivity index (χ2v) is 5.45. The van der Waals surface area contributed by atoms with Crippen molar-refractivity contribution in [2.45, 2.75) is 20.0 Å².